The maximum absolute atomic E-state index is 12.0. The SMILES string of the molecule is O=S(=O)(NCc1ccc2c(c1)OCCO2)c1cccs1. The number of ether oxygens (including phenoxy) is 2. The summed E-state index contributed by atoms with van der Waals surface area (Å²) in [5.74, 6) is 1.35. The lowest BCUT2D eigenvalue weighted by Crippen LogP contribution is -2.22. The summed E-state index contributed by atoms with van der Waals surface area (Å²) in [5, 5.41) is 1.73. The van der Waals surface area contributed by atoms with E-state index in [1.807, 2.05) is 6.07 Å². The molecule has 0 radical (unpaired) electrons. The summed E-state index contributed by atoms with van der Waals surface area (Å²) >= 11 is 1.19. The molecule has 7 heteroatoms. The minimum absolute atomic E-state index is 0.219. The van der Waals surface area contributed by atoms with Crippen molar-refractivity contribution in [1.29, 1.82) is 0 Å². The van der Waals surface area contributed by atoms with E-state index >= 15 is 0 Å². The fourth-order valence-electron chi connectivity index (χ4n) is 1.86. The van der Waals surface area contributed by atoms with Gasteiger partial charge in [0, 0.05) is 6.54 Å². The van der Waals surface area contributed by atoms with Gasteiger partial charge in [-0.3, -0.25) is 0 Å². The summed E-state index contributed by atoms with van der Waals surface area (Å²) in [6.07, 6.45) is 0. The van der Waals surface area contributed by atoms with Gasteiger partial charge in [-0.1, -0.05) is 12.1 Å². The zero-order valence-corrected chi connectivity index (χ0v) is 12.2. The molecule has 106 valence electrons. The van der Waals surface area contributed by atoms with Crippen molar-refractivity contribution < 1.29 is 17.9 Å². The lowest BCUT2D eigenvalue weighted by molar-refractivity contribution is 0.171. The molecular formula is C13H13NO4S2. The summed E-state index contributed by atoms with van der Waals surface area (Å²) < 4.78 is 37.8. The fourth-order valence-corrected chi connectivity index (χ4v) is 3.92. The van der Waals surface area contributed by atoms with Crippen molar-refractivity contribution in [1.82, 2.24) is 4.72 Å². The highest BCUT2D eigenvalue weighted by atomic mass is 32.2. The standard InChI is InChI=1S/C13H13NO4S2/c15-20(16,13-2-1-7-19-13)14-9-10-3-4-11-12(8-10)18-6-5-17-11/h1-4,7-8,14H,5-6,9H2. The molecule has 0 saturated carbocycles. The first-order valence-corrected chi connectivity index (χ1v) is 8.43. The number of thiophene rings is 1. The Morgan fingerprint density at radius 3 is 2.70 bits per heavy atom. The molecule has 1 aliphatic rings. The molecule has 0 bridgehead atoms. The van der Waals surface area contributed by atoms with Crippen molar-refractivity contribution in [2.45, 2.75) is 10.8 Å². The topological polar surface area (TPSA) is 64.6 Å². The molecule has 1 aromatic heterocycles. The zero-order valence-electron chi connectivity index (χ0n) is 10.5. The number of fused-ring (bicyclic) bond motifs is 1. The molecule has 0 spiro atoms. The molecule has 0 fully saturated rings. The Labute approximate surface area is 121 Å². The molecular weight excluding hydrogens is 298 g/mol. The van der Waals surface area contributed by atoms with Gasteiger partial charge in [0.1, 0.15) is 17.4 Å². The highest BCUT2D eigenvalue weighted by molar-refractivity contribution is 7.91. The minimum Gasteiger partial charge on any atom is -0.486 e. The van der Waals surface area contributed by atoms with Crippen molar-refractivity contribution in [2.24, 2.45) is 0 Å². The van der Waals surface area contributed by atoms with E-state index in [0.717, 1.165) is 5.56 Å². The van der Waals surface area contributed by atoms with Crippen molar-refractivity contribution in [3.63, 3.8) is 0 Å². The van der Waals surface area contributed by atoms with E-state index in [1.54, 1.807) is 29.6 Å². The minimum atomic E-state index is -3.44. The van der Waals surface area contributed by atoms with E-state index in [0.29, 0.717) is 28.9 Å². The smallest absolute Gasteiger partial charge is 0.250 e. The largest absolute Gasteiger partial charge is 0.486 e. The molecule has 20 heavy (non-hydrogen) atoms. The van der Waals surface area contributed by atoms with Crippen LogP contribution in [0.4, 0.5) is 0 Å². The van der Waals surface area contributed by atoms with Crippen LogP contribution in [0.25, 0.3) is 0 Å². The van der Waals surface area contributed by atoms with Crippen LogP contribution in [0, 0.1) is 0 Å². The van der Waals surface area contributed by atoms with Crippen LogP contribution in [-0.4, -0.2) is 21.6 Å². The summed E-state index contributed by atoms with van der Waals surface area (Å²) in [5.41, 5.74) is 0.828. The second-order valence-corrected chi connectivity index (χ2v) is 7.18. The number of sulfonamides is 1. The van der Waals surface area contributed by atoms with Crippen LogP contribution in [0.5, 0.6) is 11.5 Å². The van der Waals surface area contributed by atoms with Crippen molar-refractivity contribution >= 4 is 21.4 Å². The monoisotopic (exact) mass is 311 g/mol. The molecule has 2 aromatic rings. The molecule has 5 nitrogen and oxygen atoms in total. The van der Waals surface area contributed by atoms with Gasteiger partial charge >= 0.3 is 0 Å². The van der Waals surface area contributed by atoms with E-state index in [-0.39, 0.29) is 6.54 Å². The number of hydrogen-bond acceptors (Lipinski definition) is 5. The number of hydrogen-bond donors (Lipinski definition) is 1. The Morgan fingerprint density at radius 1 is 1.15 bits per heavy atom. The Bertz CT molecular complexity index is 695. The van der Waals surface area contributed by atoms with Crippen molar-refractivity contribution in [2.75, 3.05) is 13.2 Å². The van der Waals surface area contributed by atoms with Crippen molar-refractivity contribution in [3.05, 3.63) is 41.3 Å². The van der Waals surface area contributed by atoms with E-state index in [9.17, 15) is 8.42 Å². The Kier molecular flexibility index (Phi) is 3.64. The van der Waals surface area contributed by atoms with Crippen molar-refractivity contribution in [3.8, 4) is 11.5 Å². The van der Waals surface area contributed by atoms with E-state index in [1.165, 1.54) is 11.3 Å². The lowest BCUT2D eigenvalue weighted by Gasteiger charge is -2.18. The maximum atomic E-state index is 12.0. The summed E-state index contributed by atoms with van der Waals surface area (Å²) in [4.78, 5) is 0. The molecule has 1 N–H and O–H groups in total. The van der Waals surface area contributed by atoms with Gasteiger partial charge in [0.05, 0.1) is 0 Å². The molecule has 1 aliphatic heterocycles. The Morgan fingerprint density at radius 2 is 1.95 bits per heavy atom. The summed E-state index contributed by atoms with van der Waals surface area (Å²) in [6.45, 7) is 1.27. The van der Waals surface area contributed by atoms with Gasteiger partial charge in [-0.2, -0.15) is 0 Å². The first-order valence-electron chi connectivity index (χ1n) is 6.07. The zero-order chi connectivity index (χ0) is 14.0. The highest BCUT2D eigenvalue weighted by Gasteiger charge is 2.16. The lowest BCUT2D eigenvalue weighted by atomic mass is 10.2. The van der Waals surface area contributed by atoms with E-state index in [4.69, 9.17) is 9.47 Å². The Balaban J connectivity index is 1.73. The van der Waals surface area contributed by atoms with Crippen LogP contribution in [0.15, 0.2) is 39.9 Å². The third-order valence-corrected chi connectivity index (χ3v) is 5.63. The molecule has 3 rings (SSSR count). The first-order chi connectivity index (χ1) is 9.65. The van der Waals surface area contributed by atoms with Crippen LogP contribution < -0.4 is 14.2 Å². The van der Waals surface area contributed by atoms with Crippen LogP contribution in [0.3, 0.4) is 0 Å². The normalized spacial score (nSPS) is 14.2. The molecule has 0 amide bonds. The van der Waals surface area contributed by atoms with Gasteiger partial charge < -0.3 is 9.47 Å². The number of benzene rings is 1. The predicted octanol–water partition coefficient (Wildman–Crippen LogP) is 2.00. The number of nitrogens with one attached hydrogen (secondary N) is 1. The van der Waals surface area contributed by atoms with E-state index in [2.05, 4.69) is 4.72 Å². The predicted molar refractivity (Wildman–Crippen MR) is 75.8 cm³/mol. The molecule has 0 saturated heterocycles. The van der Waals surface area contributed by atoms with E-state index < -0.39 is 10.0 Å². The molecule has 0 aliphatic carbocycles. The Hall–Kier alpha value is -1.57. The average molecular weight is 311 g/mol. The van der Waals surface area contributed by atoms with Gasteiger partial charge in [-0.15, -0.1) is 11.3 Å². The van der Waals surface area contributed by atoms with Crippen LogP contribution in [0.1, 0.15) is 5.56 Å². The summed E-state index contributed by atoms with van der Waals surface area (Å²) in [6, 6.07) is 8.71. The average Bonchev–Trinajstić information content (AvgIpc) is 3.00. The summed E-state index contributed by atoms with van der Waals surface area (Å²) in [7, 11) is -3.44. The van der Waals surface area contributed by atoms with Gasteiger partial charge in [-0.25, -0.2) is 13.1 Å². The van der Waals surface area contributed by atoms with Gasteiger partial charge in [0.2, 0.25) is 10.0 Å². The number of rotatable bonds is 4. The second-order valence-electron chi connectivity index (χ2n) is 4.23. The first kappa shape index (κ1) is 13.4. The molecule has 0 unspecified atom stereocenters. The highest BCUT2D eigenvalue weighted by Crippen LogP contribution is 2.30. The third-order valence-electron chi connectivity index (χ3n) is 2.83. The van der Waals surface area contributed by atoms with Gasteiger partial charge in [-0.05, 0) is 29.1 Å². The van der Waals surface area contributed by atoms with Crippen LogP contribution in [0.2, 0.25) is 0 Å². The van der Waals surface area contributed by atoms with Gasteiger partial charge in [0.25, 0.3) is 0 Å². The molecule has 0 atom stereocenters. The quantitative estimate of drug-likeness (QED) is 0.938. The van der Waals surface area contributed by atoms with Crippen LogP contribution >= 0.6 is 11.3 Å². The maximum Gasteiger partial charge on any atom is 0.250 e. The fraction of sp³-hybridized carbons (Fsp3) is 0.231. The third kappa shape index (κ3) is 2.79. The van der Waals surface area contributed by atoms with Gasteiger partial charge in [0.15, 0.2) is 11.5 Å². The molecule has 1 aromatic carbocycles. The second kappa shape index (κ2) is 5.43. The molecule has 2 heterocycles. The van der Waals surface area contributed by atoms with Crippen LogP contribution in [-0.2, 0) is 16.6 Å².